The van der Waals surface area contributed by atoms with Gasteiger partial charge in [-0.05, 0) is 59.4 Å². The number of carbonyl (C=O) groups excluding carboxylic acids is 1. The van der Waals surface area contributed by atoms with Crippen molar-refractivity contribution in [3.63, 3.8) is 0 Å². The van der Waals surface area contributed by atoms with Crippen LogP contribution in [0.1, 0.15) is 59.8 Å². The van der Waals surface area contributed by atoms with Gasteiger partial charge in [-0.1, -0.05) is 80.4 Å². The van der Waals surface area contributed by atoms with Crippen molar-refractivity contribution in [2.45, 2.75) is 45.6 Å². The highest BCUT2D eigenvalue weighted by Gasteiger charge is 2.31. The fraction of sp³-hybridized carbons (Fsp3) is 0.387. The lowest BCUT2D eigenvalue weighted by Crippen LogP contribution is -2.34. The largest absolute Gasteiger partial charge is 0.465 e. The Balaban J connectivity index is 1.54. The minimum Gasteiger partial charge on any atom is -0.465 e. The summed E-state index contributed by atoms with van der Waals surface area (Å²) in [5.74, 6) is 1.20. The van der Waals surface area contributed by atoms with Crippen LogP contribution in [0.25, 0.3) is 16.0 Å². The summed E-state index contributed by atoms with van der Waals surface area (Å²) in [4.78, 5) is 17.4. The standard InChI is InChI=1S/C31H35NO2S/c1-22-13-15-24(16-14-22)28-21-32(20-23-9-5-3-6-10-23)18-17-26(28)27-19-29(25-11-7-4-8-12-25)35-30(27)31(33)34-2/h3-12,19,22,24H,13-18,20-21H2,1-2H3. The molecule has 35 heavy (non-hydrogen) atoms. The quantitative estimate of drug-likeness (QED) is 0.335. The Hall–Kier alpha value is -2.69. The molecule has 0 N–H and O–H groups in total. The van der Waals surface area contributed by atoms with Gasteiger partial charge in [0, 0.05) is 30.1 Å². The maximum Gasteiger partial charge on any atom is 0.348 e. The monoisotopic (exact) mass is 485 g/mol. The van der Waals surface area contributed by atoms with Gasteiger partial charge in [0.05, 0.1) is 7.11 Å². The first kappa shape index (κ1) is 24.0. The SMILES string of the molecule is COC(=O)c1sc(-c2ccccc2)cc1C1=C(C2CCC(C)CC2)CN(Cc2ccccc2)CC1. The Morgan fingerprint density at radius 3 is 2.37 bits per heavy atom. The van der Waals surface area contributed by atoms with Crippen LogP contribution in [-0.4, -0.2) is 31.1 Å². The molecular weight excluding hydrogens is 450 g/mol. The predicted molar refractivity (Wildman–Crippen MR) is 145 cm³/mol. The summed E-state index contributed by atoms with van der Waals surface area (Å²) in [5.41, 5.74) is 6.58. The molecule has 1 aliphatic heterocycles. The van der Waals surface area contributed by atoms with E-state index in [2.05, 4.69) is 72.5 Å². The van der Waals surface area contributed by atoms with Crippen LogP contribution in [-0.2, 0) is 11.3 Å². The number of nitrogens with zero attached hydrogens (tertiary/aromatic N) is 1. The van der Waals surface area contributed by atoms with E-state index < -0.39 is 0 Å². The number of hydrogen-bond acceptors (Lipinski definition) is 4. The van der Waals surface area contributed by atoms with E-state index in [1.165, 1.54) is 43.9 Å². The summed E-state index contributed by atoms with van der Waals surface area (Å²) >= 11 is 1.57. The fourth-order valence-electron chi connectivity index (χ4n) is 5.72. The van der Waals surface area contributed by atoms with Crippen molar-refractivity contribution in [3.8, 4) is 10.4 Å². The van der Waals surface area contributed by atoms with Crippen molar-refractivity contribution < 1.29 is 9.53 Å². The average molecular weight is 486 g/mol. The highest BCUT2D eigenvalue weighted by molar-refractivity contribution is 7.17. The molecular formula is C31H35NO2S. The number of rotatable bonds is 6. The lowest BCUT2D eigenvalue weighted by atomic mass is 9.75. The van der Waals surface area contributed by atoms with Gasteiger partial charge >= 0.3 is 5.97 Å². The average Bonchev–Trinajstić information content (AvgIpc) is 3.35. The molecule has 5 rings (SSSR count). The van der Waals surface area contributed by atoms with E-state index in [1.807, 2.05) is 6.07 Å². The molecule has 1 fully saturated rings. The summed E-state index contributed by atoms with van der Waals surface area (Å²) in [6.45, 7) is 5.35. The molecule has 3 aromatic rings. The van der Waals surface area contributed by atoms with Gasteiger partial charge in [0.2, 0.25) is 0 Å². The molecule has 0 unspecified atom stereocenters. The molecule has 0 saturated heterocycles. The van der Waals surface area contributed by atoms with E-state index in [-0.39, 0.29) is 5.97 Å². The Morgan fingerprint density at radius 1 is 1.00 bits per heavy atom. The van der Waals surface area contributed by atoms with Crippen LogP contribution in [0.3, 0.4) is 0 Å². The number of esters is 1. The second-order valence-corrected chi connectivity index (χ2v) is 11.2. The van der Waals surface area contributed by atoms with Crippen LogP contribution in [0.4, 0.5) is 0 Å². The fourth-order valence-corrected chi connectivity index (χ4v) is 6.83. The minimum atomic E-state index is -0.219. The lowest BCUT2D eigenvalue weighted by molar-refractivity contribution is 0.0606. The topological polar surface area (TPSA) is 29.5 Å². The zero-order chi connectivity index (χ0) is 24.2. The van der Waals surface area contributed by atoms with E-state index in [4.69, 9.17) is 4.74 Å². The van der Waals surface area contributed by atoms with Gasteiger partial charge in [-0.15, -0.1) is 11.3 Å². The van der Waals surface area contributed by atoms with Crippen molar-refractivity contribution in [1.29, 1.82) is 0 Å². The van der Waals surface area contributed by atoms with E-state index in [9.17, 15) is 4.79 Å². The van der Waals surface area contributed by atoms with Crippen LogP contribution >= 0.6 is 11.3 Å². The molecule has 0 bridgehead atoms. The highest BCUT2D eigenvalue weighted by Crippen LogP contribution is 2.44. The molecule has 1 aliphatic carbocycles. The van der Waals surface area contributed by atoms with E-state index in [1.54, 1.807) is 16.9 Å². The summed E-state index contributed by atoms with van der Waals surface area (Å²) in [7, 11) is 1.49. The molecule has 0 spiro atoms. The molecule has 0 amide bonds. The number of benzene rings is 2. The Labute approximate surface area is 213 Å². The summed E-state index contributed by atoms with van der Waals surface area (Å²) < 4.78 is 5.25. The van der Waals surface area contributed by atoms with Crippen LogP contribution in [0.5, 0.6) is 0 Å². The second kappa shape index (κ2) is 10.9. The molecule has 0 radical (unpaired) electrons. The number of carbonyl (C=O) groups is 1. The predicted octanol–water partition coefficient (Wildman–Crippen LogP) is 7.69. The third-order valence-electron chi connectivity index (χ3n) is 7.70. The summed E-state index contributed by atoms with van der Waals surface area (Å²) in [6.07, 6.45) is 6.07. The number of thiophene rings is 1. The van der Waals surface area contributed by atoms with Gasteiger partial charge < -0.3 is 4.74 Å². The van der Waals surface area contributed by atoms with E-state index in [0.717, 1.165) is 52.9 Å². The third-order valence-corrected chi connectivity index (χ3v) is 8.87. The maximum atomic E-state index is 12.9. The third kappa shape index (κ3) is 5.44. The van der Waals surface area contributed by atoms with E-state index in [0.29, 0.717) is 5.92 Å². The van der Waals surface area contributed by atoms with Crippen LogP contribution < -0.4 is 0 Å². The zero-order valence-corrected chi connectivity index (χ0v) is 21.7. The van der Waals surface area contributed by atoms with E-state index >= 15 is 0 Å². The highest BCUT2D eigenvalue weighted by atomic mass is 32.1. The molecule has 2 heterocycles. The van der Waals surface area contributed by atoms with Crippen LogP contribution in [0, 0.1) is 11.8 Å². The van der Waals surface area contributed by atoms with Gasteiger partial charge in [-0.3, -0.25) is 4.90 Å². The molecule has 2 aromatic carbocycles. The molecule has 0 atom stereocenters. The lowest BCUT2D eigenvalue weighted by Gasteiger charge is -2.37. The summed E-state index contributed by atoms with van der Waals surface area (Å²) in [5, 5.41) is 0. The second-order valence-electron chi connectivity index (χ2n) is 10.1. The van der Waals surface area contributed by atoms with Crippen LogP contribution in [0.2, 0.25) is 0 Å². The number of methoxy groups -OCH3 is 1. The van der Waals surface area contributed by atoms with Crippen molar-refractivity contribution >= 4 is 22.9 Å². The normalized spacial score (nSPS) is 21.2. The van der Waals surface area contributed by atoms with Gasteiger partial charge in [0.25, 0.3) is 0 Å². The summed E-state index contributed by atoms with van der Waals surface area (Å²) in [6, 6.07) is 23.4. The first-order valence-corrected chi connectivity index (χ1v) is 13.7. The first-order valence-electron chi connectivity index (χ1n) is 12.9. The molecule has 182 valence electrons. The van der Waals surface area contributed by atoms with Crippen molar-refractivity contribution in [2.24, 2.45) is 11.8 Å². The van der Waals surface area contributed by atoms with Crippen molar-refractivity contribution in [3.05, 3.63) is 88.3 Å². The smallest absolute Gasteiger partial charge is 0.348 e. The Kier molecular flexibility index (Phi) is 7.50. The Bertz CT molecular complexity index is 1170. The molecule has 4 heteroatoms. The van der Waals surface area contributed by atoms with Gasteiger partial charge in [-0.25, -0.2) is 4.79 Å². The number of ether oxygens (including phenoxy) is 1. The molecule has 1 aromatic heterocycles. The molecule has 2 aliphatic rings. The van der Waals surface area contributed by atoms with Crippen molar-refractivity contribution in [2.75, 3.05) is 20.2 Å². The Morgan fingerprint density at radius 2 is 1.69 bits per heavy atom. The zero-order valence-electron chi connectivity index (χ0n) is 20.8. The van der Waals surface area contributed by atoms with Crippen LogP contribution in [0.15, 0.2) is 72.3 Å². The van der Waals surface area contributed by atoms with Gasteiger partial charge in [0.1, 0.15) is 4.88 Å². The maximum absolute atomic E-state index is 12.9. The minimum absolute atomic E-state index is 0.219. The number of hydrogen-bond donors (Lipinski definition) is 0. The molecule has 3 nitrogen and oxygen atoms in total. The van der Waals surface area contributed by atoms with Gasteiger partial charge in [0.15, 0.2) is 0 Å². The van der Waals surface area contributed by atoms with Gasteiger partial charge in [-0.2, -0.15) is 0 Å². The first-order chi connectivity index (χ1) is 17.1. The van der Waals surface area contributed by atoms with Crippen molar-refractivity contribution in [1.82, 2.24) is 4.90 Å². The molecule has 1 saturated carbocycles.